The Balaban J connectivity index is 1.47. The van der Waals surface area contributed by atoms with Gasteiger partial charge in [-0.05, 0) is 12.1 Å². The summed E-state index contributed by atoms with van der Waals surface area (Å²) in [6.45, 7) is 4.81. The number of hydrogen-bond donors (Lipinski definition) is 2. The third kappa shape index (κ3) is 4.45. The number of para-hydroxylation sites is 2. The second-order valence-corrected chi connectivity index (χ2v) is 7.10. The van der Waals surface area contributed by atoms with Gasteiger partial charge in [-0.25, -0.2) is 9.97 Å². The summed E-state index contributed by atoms with van der Waals surface area (Å²) >= 11 is 1.33. The molecule has 2 N–H and O–H groups in total. The standard InChI is InChI=1S/C18H21N5O2S/c1-12(2)17(25)22-18-21-13(10-26-18)9-16(24)19-7-8-23-11-20-14-5-3-4-6-15(14)23/h3-6,10-12H,7-9H2,1-2H3,(H,19,24)(H,21,22,25). The number of hydrogen-bond acceptors (Lipinski definition) is 5. The molecule has 7 nitrogen and oxygen atoms in total. The summed E-state index contributed by atoms with van der Waals surface area (Å²) in [5.74, 6) is -0.283. The molecule has 2 amide bonds. The van der Waals surface area contributed by atoms with Gasteiger partial charge in [0.05, 0.1) is 29.5 Å². The van der Waals surface area contributed by atoms with Crippen LogP contribution >= 0.6 is 11.3 Å². The Kier molecular flexibility index (Phi) is 5.62. The van der Waals surface area contributed by atoms with E-state index >= 15 is 0 Å². The van der Waals surface area contributed by atoms with Crippen molar-refractivity contribution in [2.24, 2.45) is 5.92 Å². The molecule has 0 unspecified atom stereocenters. The van der Waals surface area contributed by atoms with Crippen molar-refractivity contribution in [1.82, 2.24) is 19.9 Å². The highest BCUT2D eigenvalue weighted by Crippen LogP contribution is 2.16. The summed E-state index contributed by atoms with van der Waals surface area (Å²) in [5, 5.41) is 7.95. The second kappa shape index (κ2) is 8.09. The number of amides is 2. The van der Waals surface area contributed by atoms with E-state index in [9.17, 15) is 9.59 Å². The molecule has 26 heavy (non-hydrogen) atoms. The van der Waals surface area contributed by atoms with Gasteiger partial charge in [-0.3, -0.25) is 9.59 Å². The van der Waals surface area contributed by atoms with E-state index in [0.717, 1.165) is 11.0 Å². The van der Waals surface area contributed by atoms with Crippen molar-refractivity contribution < 1.29 is 9.59 Å². The Morgan fingerprint density at radius 1 is 1.27 bits per heavy atom. The first-order valence-electron chi connectivity index (χ1n) is 8.45. The average Bonchev–Trinajstić information content (AvgIpc) is 3.22. The largest absolute Gasteiger partial charge is 0.354 e. The van der Waals surface area contributed by atoms with E-state index in [4.69, 9.17) is 0 Å². The van der Waals surface area contributed by atoms with Crippen molar-refractivity contribution in [3.8, 4) is 0 Å². The maximum absolute atomic E-state index is 12.1. The molecule has 0 spiro atoms. The highest BCUT2D eigenvalue weighted by atomic mass is 32.1. The number of anilines is 1. The monoisotopic (exact) mass is 371 g/mol. The normalized spacial score (nSPS) is 11.0. The first-order valence-corrected chi connectivity index (χ1v) is 9.32. The molecule has 0 saturated carbocycles. The summed E-state index contributed by atoms with van der Waals surface area (Å²) in [6, 6.07) is 7.89. The van der Waals surface area contributed by atoms with Crippen LogP contribution in [-0.2, 0) is 22.6 Å². The minimum absolute atomic E-state index is 0.0806. The van der Waals surface area contributed by atoms with Crippen LogP contribution in [0.1, 0.15) is 19.5 Å². The highest BCUT2D eigenvalue weighted by Gasteiger charge is 2.12. The SMILES string of the molecule is CC(C)C(=O)Nc1nc(CC(=O)NCCn2cnc3ccccc32)cs1. The number of nitrogens with zero attached hydrogens (tertiary/aromatic N) is 3. The van der Waals surface area contributed by atoms with Gasteiger partial charge >= 0.3 is 0 Å². The van der Waals surface area contributed by atoms with E-state index in [1.54, 1.807) is 11.7 Å². The molecule has 2 heterocycles. The molecule has 0 aliphatic heterocycles. The van der Waals surface area contributed by atoms with Crippen molar-refractivity contribution in [1.29, 1.82) is 0 Å². The summed E-state index contributed by atoms with van der Waals surface area (Å²) in [7, 11) is 0. The summed E-state index contributed by atoms with van der Waals surface area (Å²) in [6.07, 6.45) is 1.97. The predicted octanol–water partition coefficient (Wildman–Crippen LogP) is 2.45. The van der Waals surface area contributed by atoms with Gasteiger partial charge in [-0.15, -0.1) is 11.3 Å². The van der Waals surface area contributed by atoms with E-state index < -0.39 is 0 Å². The number of carbonyl (C=O) groups excluding carboxylic acids is 2. The molecule has 1 aromatic carbocycles. The number of rotatable bonds is 7. The van der Waals surface area contributed by atoms with Crippen LogP contribution in [0.2, 0.25) is 0 Å². The summed E-state index contributed by atoms with van der Waals surface area (Å²) < 4.78 is 2.01. The molecule has 136 valence electrons. The summed E-state index contributed by atoms with van der Waals surface area (Å²) in [5.41, 5.74) is 2.64. The Hall–Kier alpha value is -2.74. The van der Waals surface area contributed by atoms with Crippen LogP contribution in [0.3, 0.4) is 0 Å². The quantitative estimate of drug-likeness (QED) is 0.668. The maximum Gasteiger partial charge on any atom is 0.228 e. The fourth-order valence-corrected chi connectivity index (χ4v) is 3.14. The molecule has 0 radical (unpaired) electrons. The van der Waals surface area contributed by atoms with Crippen LogP contribution in [-0.4, -0.2) is 32.9 Å². The summed E-state index contributed by atoms with van der Waals surface area (Å²) in [4.78, 5) is 32.4. The number of carbonyl (C=O) groups is 2. The lowest BCUT2D eigenvalue weighted by atomic mass is 10.2. The highest BCUT2D eigenvalue weighted by molar-refractivity contribution is 7.13. The van der Waals surface area contributed by atoms with Crippen molar-refractivity contribution in [2.75, 3.05) is 11.9 Å². The van der Waals surface area contributed by atoms with Gasteiger partial charge in [0.15, 0.2) is 5.13 Å². The lowest BCUT2D eigenvalue weighted by molar-refractivity contribution is -0.120. The Morgan fingerprint density at radius 2 is 2.08 bits per heavy atom. The van der Waals surface area contributed by atoms with Gasteiger partial charge in [0, 0.05) is 24.4 Å². The van der Waals surface area contributed by atoms with Crippen LogP contribution < -0.4 is 10.6 Å². The molecule has 0 aliphatic carbocycles. The minimum Gasteiger partial charge on any atom is -0.354 e. The lowest BCUT2D eigenvalue weighted by Crippen LogP contribution is -2.28. The van der Waals surface area contributed by atoms with Crippen molar-refractivity contribution >= 4 is 39.3 Å². The Bertz CT molecular complexity index is 915. The Morgan fingerprint density at radius 3 is 2.88 bits per heavy atom. The average molecular weight is 371 g/mol. The smallest absolute Gasteiger partial charge is 0.228 e. The van der Waals surface area contributed by atoms with Gasteiger partial charge < -0.3 is 15.2 Å². The Labute approximate surface area is 155 Å². The third-order valence-electron chi connectivity index (χ3n) is 3.85. The zero-order chi connectivity index (χ0) is 18.5. The molecule has 3 rings (SSSR count). The molecule has 0 atom stereocenters. The number of thiazole rings is 1. The first kappa shape index (κ1) is 18.1. The fourth-order valence-electron chi connectivity index (χ4n) is 2.43. The molecule has 3 aromatic rings. The number of imidazole rings is 1. The first-order chi connectivity index (χ1) is 12.5. The van der Waals surface area contributed by atoms with Gasteiger partial charge in [-0.1, -0.05) is 26.0 Å². The molecular weight excluding hydrogens is 350 g/mol. The van der Waals surface area contributed by atoms with Crippen LogP contribution in [0.5, 0.6) is 0 Å². The number of fused-ring (bicyclic) bond motifs is 1. The van der Waals surface area contributed by atoms with Crippen molar-refractivity contribution in [2.45, 2.75) is 26.8 Å². The molecular formula is C18H21N5O2S. The fraction of sp³-hybridized carbons (Fsp3) is 0.333. The van der Waals surface area contributed by atoms with Crippen LogP contribution in [0.15, 0.2) is 36.0 Å². The van der Waals surface area contributed by atoms with Crippen LogP contribution in [0.4, 0.5) is 5.13 Å². The third-order valence-corrected chi connectivity index (χ3v) is 4.66. The van der Waals surface area contributed by atoms with E-state index in [0.29, 0.717) is 23.9 Å². The second-order valence-electron chi connectivity index (χ2n) is 6.24. The van der Waals surface area contributed by atoms with Gasteiger partial charge in [0.1, 0.15) is 0 Å². The molecule has 0 saturated heterocycles. The molecule has 0 fully saturated rings. The van der Waals surface area contributed by atoms with E-state index in [-0.39, 0.29) is 24.2 Å². The van der Waals surface area contributed by atoms with Gasteiger partial charge in [-0.2, -0.15) is 0 Å². The zero-order valence-corrected chi connectivity index (χ0v) is 15.5. The van der Waals surface area contributed by atoms with Gasteiger partial charge in [0.2, 0.25) is 11.8 Å². The minimum atomic E-state index is -0.107. The number of nitrogens with one attached hydrogen (secondary N) is 2. The van der Waals surface area contributed by atoms with E-state index in [1.165, 1.54) is 11.3 Å². The van der Waals surface area contributed by atoms with Crippen molar-refractivity contribution in [3.05, 3.63) is 41.7 Å². The maximum atomic E-state index is 12.1. The topological polar surface area (TPSA) is 88.9 Å². The van der Waals surface area contributed by atoms with Crippen LogP contribution in [0, 0.1) is 5.92 Å². The van der Waals surface area contributed by atoms with Crippen LogP contribution in [0.25, 0.3) is 11.0 Å². The van der Waals surface area contributed by atoms with Gasteiger partial charge in [0.25, 0.3) is 0 Å². The predicted molar refractivity (Wildman–Crippen MR) is 102 cm³/mol. The lowest BCUT2D eigenvalue weighted by Gasteiger charge is -2.06. The number of aromatic nitrogens is 3. The molecule has 0 bridgehead atoms. The van der Waals surface area contributed by atoms with Crippen molar-refractivity contribution in [3.63, 3.8) is 0 Å². The molecule has 0 aliphatic rings. The number of benzene rings is 1. The molecule has 8 heteroatoms. The molecule has 2 aromatic heterocycles. The van der Waals surface area contributed by atoms with E-state index in [2.05, 4.69) is 20.6 Å². The zero-order valence-electron chi connectivity index (χ0n) is 14.7. The van der Waals surface area contributed by atoms with E-state index in [1.807, 2.05) is 42.7 Å².